The summed E-state index contributed by atoms with van der Waals surface area (Å²) in [5.41, 5.74) is 0.335. The lowest BCUT2D eigenvalue weighted by Crippen LogP contribution is -2.42. The number of carbonyl (C=O) groups is 2. The molecule has 0 atom stereocenters. The fraction of sp³-hybridized carbons (Fsp3) is 0.400. The molecule has 0 spiro atoms. The lowest BCUT2D eigenvalue weighted by Gasteiger charge is -2.28. The Morgan fingerprint density at radius 3 is 2.08 bits per heavy atom. The van der Waals surface area contributed by atoms with Crippen LogP contribution in [-0.4, -0.2) is 25.2 Å². The van der Waals surface area contributed by atoms with Crippen LogP contribution in [0.1, 0.15) is 39.2 Å². The average Bonchev–Trinajstić information content (AvgIpc) is 2.54. The summed E-state index contributed by atoms with van der Waals surface area (Å²) in [4.78, 5) is 25.1. The van der Waals surface area contributed by atoms with Gasteiger partial charge in [-0.15, -0.1) is 6.58 Å². The van der Waals surface area contributed by atoms with Gasteiger partial charge in [0.05, 0.1) is 13.2 Å². The highest BCUT2D eigenvalue weighted by Gasteiger charge is 2.47. The van der Waals surface area contributed by atoms with Crippen LogP contribution < -0.4 is 0 Å². The van der Waals surface area contributed by atoms with Crippen LogP contribution in [0.3, 0.4) is 0 Å². The van der Waals surface area contributed by atoms with E-state index in [-0.39, 0.29) is 26.1 Å². The molecule has 0 amide bonds. The first kappa shape index (κ1) is 19.7. The van der Waals surface area contributed by atoms with Crippen molar-refractivity contribution in [1.29, 1.82) is 0 Å². The zero-order chi connectivity index (χ0) is 18.0. The summed E-state index contributed by atoms with van der Waals surface area (Å²) in [5.74, 6) is -1.13. The van der Waals surface area contributed by atoms with Gasteiger partial charge in [-0.05, 0) is 39.2 Å². The molecule has 4 heteroatoms. The largest absolute Gasteiger partial charge is 0.465 e. The number of carbonyl (C=O) groups excluding carboxylic acids is 2. The highest BCUT2D eigenvalue weighted by molar-refractivity contribution is 6.00. The van der Waals surface area contributed by atoms with E-state index in [9.17, 15) is 9.59 Å². The van der Waals surface area contributed by atoms with E-state index < -0.39 is 17.4 Å². The molecule has 4 nitrogen and oxygen atoms in total. The van der Waals surface area contributed by atoms with Gasteiger partial charge in [-0.25, -0.2) is 0 Å². The zero-order valence-corrected chi connectivity index (χ0v) is 14.7. The number of hydrogen-bond donors (Lipinski definition) is 0. The smallest absolute Gasteiger partial charge is 0.324 e. The topological polar surface area (TPSA) is 52.6 Å². The maximum atomic E-state index is 12.6. The molecule has 0 radical (unpaired) electrons. The molecule has 0 saturated carbocycles. The summed E-state index contributed by atoms with van der Waals surface area (Å²) < 4.78 is 10.3. The van der Waals surface area contributed by atoms with E-state index >= 15 is 0 Å². The monoisotopic (exact) mass is 330 g/mol. The molecule has 1 aromatic rings. The second kappa shape index (κ2) is 9.71. The second-order valence-corrected chi connectivity index (χ2v) is 5.67. The molecule has 0 aromatic heterocycles. The van der Waals surface area contributed by atoms with E-state index in [0.717, 1.165) is 11.1 Å². The molecule has 0 fully saturated rings. The molecular formula is C20H26O4. The van der Waals surface area contributed by atoms with Gasteiger partial charge in [0.1, 0.15) is 0 Å². The molecule has 0 N–H and O–H groups in total. The summed E-state index contributed by atoms with van der Waals surface area (Å²) in [7, 11) is 0. The summed E-state index contributed by atoms with van der Waals surface area (Å²) in [6.07, 6.45) is 4.09. The Balaban J connectivity index is 3.12. The van der Waals surface area contributed by atoms with Crippen LogP contribution in [0.2, 0.25) is 0 Å². The highest BCUT2D eigenvalue weighted by Crippen LogP contribution is 2.34. The quantitative estimate of drug-likeness (QED) is 0.387. The van der Waals surface area contributed by atoms with Crippen LogP contribution in [-0.2, 0) is 19.1 Å². The third-order valence-corrected chi connectivity index (χ3v) is 3.51. The maximum Gasteiger partial charge on any atom is 0.324 e. The first-order chi connectivity index (χ1) is 11.5. The Bertz CT molecular complexity index is 569. The van der Waals surface area contributed by atoms with Crippen molar-refractivity contribution in [2.45, 2.75) is 33.6 Å². The Morgan fingerprint density at radius 1 is 1.08 bits per heavy atom. The van der Waals surface area contributed by atoms with Crippen LogP contribution in [0.5, 0.6) is 0 Å². The minimum atomic E-state index is -1.39. The van der Waals surface area contributed by atoms with Crippen molar-refractivity contribution in [3.05, 3.63) is 54.1 Å². The van der Waals surface area contributed by atoms with Gasteiger partial charge in [-0.3, -0.25) is 9.59 Å². The molecule has 1 aromatic carbocycles. The van der Waals surface area contributed by atoms with Crippen molar-refractivity contribution < 1.29 is 19.1 Å². The molecule has 130 valence electrons. The Labute approximate surface area is 144 Å². The molecule has 0 aliphatic carbocycles. The number of hydrogen-bond acceptors (Lipinski definition) is 4. The van der Waals surface area contributed by atoms with E-state index in [4.69, 9.17) is 9.47 Å². The molecule has 24 heavy (non-hydrogen) atoms. The highest BCUT2D eigenvalue weighted by atomic mass is 16.6. The van der Waals surface area contributed by atoms with Crippen LogP contribution >= 0.6 is 0 Å². The molecule has 0 bridgehead atoms. The van der Waals surface area contributed by atoms with Gasteiger partial charge in [-0.2, -0.15) is 0 Å². The summed E-state index contributed by atoms with van der Waals surface area (Å²) >= 11 is 0. The van der Waals surface area contributed by atoms with Crippen LogP contribution in [0.15, 0.2) is 48.6 Å². The van der Waals surface area contributed by atoms with Crippen molar-refractivity contribution in [2.24, 2.45) is 5.41 Å². The van der Waals surface area contributed by atoms with Crippen molar-refractivity contribution in [3.63, 3.8) is 0 Å². The molecule has 0 aliphatic rings. The fourth-order valence-electron chi connectivity index (χ4n) is 2.48. The van der Waals surface area contributed by atoms with Crippen LogP contribution in [0, 0.1) is 5.41 Å². The van der Waals surface area contributed by atoms with Crippen molar-refractivity contribution in [1.82, 2.24) is 0 Å². The summed E-state index contributed by atoms with van der Waals surface area (Å²) in [5, 5.41) is 0. The van der Waals surface area contributed by atoms with E-state index in [2.05, 4.69) is 6.58 Å². The maximum absolute atomic E-state index is 12.6. The van der Waals surface area contributed by atoms with Gasteiger partial charge in [0.2, 0.25) is 0 Å². The fourth-order valence-corrected chi connectivity index (χ4v) is 2.48. The zero-order valence-electron chi connectivity index (χ0n) is 14.7. The molecule has 0 saturated heterocycles. The van der Waals surface area contributed by atoms with Gasteiger partial charge >= 0.3 is 11.9 Å². The van der Waals surface area contributed by atoms with Crippen molar-refractivity contribution in [2.75, 3.05) is 13.2 Å². The Kier molecular flexibility index (Phi) is 7.96. The lowest BCUT2D eigenvalue weighted by molar-refractivity contribution is -0.171. The minimum absolute atomic E-state index is 0.198. The predicted octanol–water partition coefficient (Wildman–Crippen LogP) is 4.17. The average molecular weight is 330 g/mol. The standard InChI is InChI=1S/C20H26O4/c1-5-23-18(21)20(15-16(3)4,19(22)24-6-2)14-10-13-17-11-8-7-9-12-17/h7-13H,3,5-6,14-15H2,1-2,4H3/b13-10+. The van der Waals surface area contributed by atoms with E-state index in [0.29, 0.717) is 0 Å². The van der Waals surface area contributed by atoms with Crippen molar-refractivity contribution >= 4 is 18.0 Å². The molecular weight excluding hydrogens is 304 g/mol. The number of rotatable bonds is 9. The second-order valence-electron chi connectivity index (χ2n) is 5.67. The molecule has 1 rings (SSSR count). The van der Waals surface area contributed by atoms with Crippen LogP contribution in [0.25, 0.3) is 6.08 Å². The Morgan fingerprint density at radius 2 is 1.62 bits per heavy atom. The first-order valence-corrected chi connectivity index (χ1v) is 8.16. The molecule has 0 unspecified atom stereocenters. The Hall–Kier alpha value is -2.36. The van der Waals surface area contributed by atoms with E-state index in [1.807, 2.05) is 42.5 Å². The third kappa shape index (κ3) is 5.37. The first-order valence-electron chi connectivity index (χ1n) is 8.16. The van der Waals surface area contributed by atoms with E-state index in [1.54, 1.807) is 20.8 Å². The third-order valence-electron chi connectivity index (χ3n) is 3.51. The van der Waals surface area contributed by atoms with Gasteiger partial charge in [0.25, 0.3) is 0 Å². The van der Waals surface area contributed by atoms with Gasteiger partial charge < -0.3 is 9.47 Å². The summed E-state index contributed by atoms with van der Waals surface area (Å²) in [6, 6.07) is 9.69. The SMILES string of the molecule is C=C(C)CC(C/C=C/c1ccccc1)(C(=O)OCC)C(=O)OCC. The number of allylic oxidation sites excluding steroid dienone is 2. The number of benzene rings is 1. The summed E-state index contributed by atoms with van der Waals surface area (Å²) in [6.45, 7) is 9.48. The molecule has 0 aliphatic heterocycles. The lowest BCUT2D eigenvalue weighted by atomic mass is 9.78. The van der Waals surface area contributed by atoms with Gasteiger partial charge in [-0.1, -0.05) is 48.1 Å². The van der Waals surface area contributed by atoms with Crippen LogP contribution in [0.4, 0.5) is 0 Å². The number of ether oxygens (including phenoxy) is 2. The van der Waals surface area contributed by atoms with E-state index in [1.165, 1.54) is 0 Å². The predicted molar refractivity (Wildman–Crippen MR) is 95.2 cm³/mol. The van der Waals surface area contributed by atoms with Gasteiger partial charge in [0.15, 0.2) is 5.41 Å². The minimum Gasteiger partial charge on any atom is -0.465 e. The molecule has 0 heterocycles. The van der Waals surface area contributed by atoms with Crippen molar-refractivity contribution in [3.8, 4) is 0 Å². The van der Waals surface area contributed by atoms with Gasteiger partial charge in [0, 0.05) is 0 Å². The number of esters is 2. The normalized spacial score (nSPS) is 11.3.